The maximum absolute atomic E-state index is 10.3. The summed E-state index contributed by atoms with van der Waals surface area (Å²) in [7, 11) is 1.67. The lowest BCUT2D eigenvalue weighted by atomic mass is 10.0. The number of aliphatic hydroxyl groups is 1. The minimum atomic E-state index is -0.669. The third-order valence-electron chi connectivity index (χ3n) is 4.06. The first-order valence-electron chi connectivity index (χ1n) is 8.82. The van der Waals surface area contributed by atoms with Crippen LogP contribution in [-0.2, 0) is 0 Å². The first-order chi connectivity index (χ1) is 12.5. The minimum absolute atomic E-state index is 0. The molecule has 2 rings (SSSR count). The number of hydrogen-bond acceptors (Lipinski definition) is 4. The molecule has 0 saturated carbocycles. The van der Waals surface area contributed by atoms with Gasteiger partial charge < -0.3 is 20.5 Å². The predicted octanol–water partition coefficient (Wildman–Crippen LogP) is 3.37. The second kappa shape index (κ2) is 11.8. The van der Waals surface area contributed by atoms with Crippen LogP contribution in [-0.4, -0.2) is 36.2 Å². The Morgan fingerprint density at radius 2 is 1.96 bits per heavy atom. The largest absolute Gasteiger partial charge is 0.496 e. The van der Waals surface area contributed by atoms with Crippen molar-refractivity contribution in [3.63, 3.8) is 0 Å². The molecule has 0 fully saturated rings. The molecular formula is C20H29IN4O2. The second-order valence-corrected chi connectivity index (χ2v) is 6.13. The molecule has 0 bridgehead atoms. The Balaban J connectivity index is 0.00000364. The molecule has 0 saturated heterocycles. The zero-order valence-electron chi connectivity index (χ0n) is 16.3. The SMILES string of the molecule is CCNC(=NCC(O)c1ccncc1)NC(C)c1cc(C)ccc1OC.I. The van der Waals surface area contributed by atoms with Crippen molar-refractivity contribution in [3.8, 4) is 5.75 Å². The van der Waals surface area contributed by atoms with E-state index in [-0.39, 0.29) is 36.6 Å². The number of nitrogens with zero attached hydrogens (tertiary/aromatic N) is 2. The smallest absolute Gasteiger partial charge is 0.191 e. The molecular weight excluding hydrogens is 455 g/mol. The highest BCUT2D eigenvalue weighted by Gasteiger charge is 2.14. The molecule has 2 atom stereocenters. The van der Waals surface area contributed by atoms with Crippen molar-refractivity contribution in [3.05, 3.63) is 59.4 Å². The number of ether oxygens (including phenoxy) is 1. The van der Waals surface area contributed by atoms with E-state index in [1.807, 2.05) is 19.1 Å². The summed E-state index contributed by atoms with van der Waals surface area (Å²) in [6, 6.07) is 9.69. The van der Waals surface area contributed by atoms with Crippen LogP contribution >= 0.6 is 24.0 Å². The number of halogens is 1. The minimum Gasteiger partial charge on any atom is -0.496 e. The first kappa shape index (κ1) is 23.2. The van der Waals surface area contributed by atoms with E-state index in [0.717, 1.165) is 23.4 Å². The molecule has 1 heterocycles. The lowest BCUT2D eigenvalue weighted by Gasteiger charge is -2.21. The lowest BCUT2D eigenvalue weighted by Crippen LogP contribution is -2.39. The number of hydrogen-bond donors (Lipinski definition) is 3. The van der Waals surface area contributed by atoms with E-state index in [2.05, 4.69) is 40.5 Å². The van der Waals surface area contributed by atoms with Gasteiger partial charge in [0.1, 0.15) is 5.75 Å². The number of methoxy groups -OCH3 is 1. The van der Waals surface area contributed by atoms with Crippen molar-refractivity contribution in [1.29, 1.82) is 0 Å². The number of aliphatic hydroxyl groups excluding tert-OH is 1. The number of pyridine rings is 1. The Bertz CT molecular complexity index is 725. The molecule has 1 aromatic heterocycles. The summed E-state index contributed by atoms with van der Waals surface area (Å²) in [5.74, 6) is 1.49. The summed E-state index contributed by atoms with van der Waals surface area (Å²) >= 11 is 0. The average molecular weight is 484 g/mol. The van der Waals surface area contributed by atoms with Crippen molar-refractivity contribution in [2.45, 2.75) is 32.9 Å². The Morgan fingerprint density at radius 1 is 1.26 bits per heavy atom. The topological polar surface area (TPSA) is 78.8 Å². The Kier molecular flexibility index (Phi) is 10.1. The van der Waals surface area contributed by atoms with Crippen molar-refractivity contribution in [2.24, 2.45) is 4.99 Å². The van der Waals surface area contributed by atoms with E-state index in [0.29, 0.717) is 5.96 Å². The molecule has 2 aromatic rings. The highest BCUT2D eigenvalue weighted by molar-refractivity contribution is 14.0. The van der Waals surface area contributed by atoms with Crippen LogP contribution in [0.3, 0.4) is 0 Å². The maximum atomic E-state index is 10.3. The van der Waals surface area contributed by atoms with Crippen LogP contribution in [0.15, 0.2) is 47.7 Å². The van der Waals surface area contributed by atoms with E-state index < -0.39 is 6.10 Å². The molecule has 6 nitrogen and oxygen atoms in total. The highest BCUT2D eigenvalue weighted by Crippen LogP contribution is 2.26. The van der Waals surface area contributed by atoms with Gasteiger partial charge in [-0.3, -0.25) is 9.98 Å². The molecule has 0 amide bonds. The molecule has 7 heteroatoms. The number of rotatable bonds is 7. The van der Waals surface area contributed by atoms with Gasteiger partial charge in [0.2, 0.25) is 0 Å². The van der Waals surface area contributed by atoms with Gasteiger partial charge in [0.05, 0.1) is 25.8 Å². The second-order valence-electron chi connectivity index (χ2n) is 6.13. The van der Waals surface area contributed by atoms with Gasteiger partial charge in [-0.25, -0.2) is 0 Å². The zero-order chi connectivity index (χ0) is 18.9. The van der Waals surface area contributed by atoms with Crippen LogP contribution in [0.25, 0.3) is 0 Å². The van der Waals surface area contributed by atoms with Gasteiger partial charge in [-0.1, -0.05) is 17.7 Å². The Hall–Kier alpha value is -1.87. The van der Waals surface area contributed by atoms with Gasteiger partial charge in [-0.05, 0) is 44.5 Å². The van der Waals surface area contributed by atoms with Crippen LogP contribution in [0.4, 0.5) is 0 Å². The molecule has 3 N–H and O–H groups in total. The van der Waals surface area contributed by atoms with Gasteiger partial charge in [0, 0.05) is 24.5 Å². The lowest BCUT2D eigenvalue weighted by molar-refractivity contribution is 0.187. The third kappa shape index (κ3) is 6.99. The van der Waals surface area contributed by atoms with Crippen LogP contribution in [0.1, 0.15) is 42.7 Å². The fourth-order valence-corrected chi connectivity index (χ4v) is 2.66. The van der Waals surface area contributed by atoms with Crippen molar-refractivity contribution in [1.82, 2.24) is 15.6 Å². The number of aromatic nitrogens is 1. The van der Waals surface area contributed by atoms with E-state index in [1.54, 1.807) is 31.6 Å². The summed E-state index contributed by atoms with van der Waals surface area (Å²) in [6.07, 6.45) is 2.66. The van der Waals surface area contributed by atoms with E-state index in [9.17, 15) is 5.11 Å². The fraction of sp³-hybridized carbons (Fsp3) is 0.400. The zero-order valence-corrected chi connectivity index (χ0v) is 18.6. The standard InChI is InChI=1S/C20H28N4O2.HI/c1-5-22-20(23-13-18(25)16-8-10-21-11-9-16)24-15(3)17-12-14(2)6-7-19(17)26-4;/h6-12,15,18,25H,5,13H2,1-4H3,(H2,22,23,24);1H. The van der Waals surface area contributed by atoms with Gasteiger partial charge in [0.15, 0.2) is 5.96 Å². The van der Waals surface area contributed by atoms with Crippen molar-refractivity contribution < 1.29 is 9.84 Å². The molecule has 0 aliphatic rings. The molecule has 0 aliphatic heterocycles. The summed E-state index contributed by atoms with van der Waals surface area (Å²) < 4.78 is 5.47. The highest BCUT2D eigenvalue weighted by atomic mass is 127. The maximum Gasteiger partial charge on any atom is 0.191 e. The van der Waals surface area contributed by atoms with E-state index >= 15 is 0 Å². The molecule has 2 unspecified atom stereocenters. The van der Waals surface area contributed by atoms with Crippen LogP contribution in [0.2, 0.25) is 0 Å². The number of nitrogens with one attached hydrogen (secondary N) is 2. The van der Waals surface area contributed by atoms with Crippen LogP contribution in [0.5, 0.6) is 5.75 Å². The fourth-order valence-electron chi connectivity index (χ4n) is 2.66. The number of benzene rings is 1. The summed E-state index contributed by atoms with van der Waals surface area (Å²) in [5, 5.41) is 16.9. The third-order valence-corrected chi connectivity index (χ3v) is 4.06. The molecule has 0 radical (unpaired) electrons. The molecule has 27 heavy (non-hydrogen) atoms. The van der Waals surface area contributed by atoms with Crippen molar-refractivity contribution >= 4 is 29.9 Å². The molecule has 0 spiro atoms. The first-order valence-corrected chi connectivity index (χ1v) is 8.82. The normalized spacial score (nSPS) is 13.3. The quantitative estimate of drug-likeness (QED) is 0.319. The average Bonchev–Trinajstić information content (AvgIpc) is 2.66. The molecule has 0 aliphatic carbocycles. The van der Waals surface area contributed by atoms with E-state index in [1.165, 1.54) is 5.56 Å². The van der Waals surface area contributed by atoms with Gasteiger partial charge in [-0.15, -0.1) is 24.0 Å². The van der Waals surface area contributed by atoms with E-state index in [4.69, 9.17) is 4.74 Å². The molecule has 1 aromatic carbocycles. The summed E-state index contributed by atoms with van der Waals surface area (Å²) in [5.41, 5.74) is 3.03. The molecule has 148 valence electrons. The summed E-state index contributed by atoms with van der Waals surface area (Å²) in [6.45, 7) is 7.11. The Morgan fingerprint density at radius 3 is 2.59 bits per heavy atom. The van der Waals surface area contributed by atoms with Gasteiger partial charge in [0.25, 0.3) is 0 Å². The summed E-state index contributed by atoms with van der Waals surface area (Å²) in [4.78, 5) is 8.48. The van der Waals surface area contributed by atoms with Crippen LogP contribution < -0.4 is 15.4 Å². The number of aliphatic imine (C=N–C) groups is 1. The van der Waals surface area contributed by atoms with Crippen LogP contribution in [0, 0.1) is 6.92 Å². The van der Waals surface area contributed by atoms with Crippen molar-refractivity contribution in [2.75, 3.05) is 20.2 Å². The van der Waals surface area contributed by atoms with Gasteiger partial charge in [-0.2, -0.15) is 0 Å². The number of guanidine groups is 1. The monoisotopic (exact) mass is 484 g/mol. The van der Waals surface area contributed by atoms with Gasteiger partial charge >= 0.3 is 0 Å². The predicted molar refractivity (Wildman–Crippen MR) is 120 cm³/mol. The number of aryl methyl sites for hydroxylation is 1. The Labute approximate surface area is 178 Å².